The van der Waals surface area contributed by atoms with Gasteiger partial charge in [0.25, 0.3) is 7.28 Å². The summed E-state index contributed by atoms with van der Waals surface area (Å²) < 4.78 is 46.0. The van der Waals surface area contributed by atoms with Crippen molar-refractivity contribution in [2.75, 3.05) is 0 Å². The average molecular weight is 125 g/mol. The summed E-state index contributed by atoms with van der Waals surface area (Å²) >= 11 is 0. The zero-order valence-corrected chi connectivity index (χ0v) is 3.80. The van der Waals surface area contributed by atoms with Crippen molar-refractivity contribution in [2.24, 2.45) is 0 Å². The Kier molecular flexibility index (Phi) is 0.883. The lowest BCUT2D eigenvalue weighted by Crippen LogP contribution is -2.54. The highest BCUT2D eigenvalue weighted by molar-refractivity contribution is 6.46. The molecular weight excluding hydrogens is 123 g/mol. The zero-order chi connectivity index (χ0) is 6.41. The third-order valence-electron chi connectivity index (χ3n) is 0.894. The molecular formula is C3H2BF4. The highest BCUT2D eigenvalue weighted by atomic mass is 19.3. The topological polar surface area (TPSA) is 0 Å². The van der Waals surface area contributed by atoms with Gasteiger partial charge in [-0.05, 0) is 0 Å². The maximum absolute atomic E-state index is 11.5. The SMILES string of the molecule is FC1(F)[B]C(F)(F)C1. The van der Waals surface area contributed by atoms with Crippen LogP contribution in [0.4, 0.5) is 17.6 Å². The average Bonchev–Trinajstić information content (AvgIpc) is 1.20. The second-order valence-corrected chi connectivity index (χ2v) is 1.84. The number of rotatable bonds is 0. The van der Waals surface area contributed by atoms with Gasteiger partial charge in [0.05, 0.1) is 6.42 Å². The van der Waals surface area contributed by atoms with E-state index >= 15 is 0 Å². The molecule has 0 amide bonds. The van der Waals surface area contributed by atoms with Crippen LogP contribution in [0, 0.1) is 0 Å². The van der Waals surface area contributed by atoms with Gasteiger partial charge in [0.2, 0.25) is 11.6 Å². The van der Waals surface area contributed by atoms with Gasteiger partial charge < -0.3 is 0 Å². The van der Waals surface area contributed by atoms with Crippen LogP contribution < -0.4 is 0 Å². The van der Waals surface area contributed by atoms with Gasteiger partial charge in [-0.25, -0.2) is 17.6 Å². The standard InChI is InChI=1S/C3H2BF4/c5-2(6)1-3(7,8)4-2/h1H2. The molecule has 0 unspecified atom stereocenters. The third-order valence-corrected chi connectivity index (χ3v) is 0.894. The minimum Gasteiger partial charge on any atom is -0.218 e. The fourth-order valence-corrected chi connectivity index (χ4v) is 0.594. The normalized spacial score (nSPS) is 30.5. The summed E-state index contributed by atoms with van der Waals surface area (Å²) in [6.45, 7) is 0. The minimum absolute atomic E-state index is 0.236. The molecule has 1 fully saturated rings. The van der Waals surface area contributed by atoms with E-state index in [9.17, 15) is 17.6 Å². The number of alkyl halides is 4. The van der Waals surface area contributed by atoms with Crippen LogP contribution in [0.3, 0.4) is 0 Å². The summed E-state index contributed by atoms with van der Waals surface area (Å²) in [5.41, 5.74) is 0. The third kappa shape index (κ3) is 0.954. The molecule has 0 spiro atoms. The van der Waals surface area contributed by atoms with Crippen molar-refractivity contribution in [3.05, 3.63) is 0 Å². The smallest absolute Gasteiger partial charge is 0.218 e. The van der Waals surface area contributed by atoms with Crippen LogP contribution in [0.1, 0.15) is 6.42 Å². The fourth-order valence-electron chi connectivity index (χ4n) is 0.594. The van der Waals surface area contributed by atoms with Gasteiger partial charge in [-0.15, -0.1) is 0 Å². The molecule has 0 aliphatic carbocycles. The summed E-state index contributed by atoms with van der Waals surface area (Å²) in [4.78, 5) is 0. The van der Waals surface area contributed by atoms with Crippen LogP contribution in [0.25, 0.3) is 0 Å². The lowest BCUT2D eigenvalue weighted by molar-refractivity contribution is -0.0741. The van der Waals surface area contributed by atoms with Gasteiger partial charge in [-0.3, -0.25) is 0 Å². The van der Waals surface area contributed by atoms with E-state index in [1.807, 2.05) is 0 Å². The molecule has 0 aromatic carbocycles. The first kappa shape index (κ1) is 5.91. The quantitative estimate of drug-likeness (QED) is 0.337. The Hall–Kier alpha value is -0.215. The van der Waals surface area contributed by atoms with E-state index in [1.165, 1.54) is 0 Å². The summed E-state index contributed by atoms with van der Waals surface area (Å²) in [5.74, 6) is -6.44. The molecule has 0 bridgehead atoms. The number of halogens is 4. The Morgan fingerprint density at radius 2 is 1.25 bits per heavy atom. The maximum atomic E-state index is 11.5. The molecule has 0 aromatic rings. The molecule has 8 heavy (non-hydrogen) atoms. The summed E-state index contributed by atoms with van der Waals surface area (Å²) in [6, 6.07) is 0. The molecule has 0 N–H and O–H groups in total. The van der Waals surface area contributed by atoms with E-state index in [1.54, 1.807) is 0 Å². The molecule has 0 saturated carbocycles. The molecule has 5 heteroatoms. The molecule has 1 radical (unpaired) electrons. The lowest BCUT2D eigenvalue weighted by Gasteiger charge is -2.33. The van der Waals surface area contributed by atoms with Crippen LogP contribution in [0.5, 0.6) is 0 Å². The first-order valence-corrected chi connectivity index (χ1v) is 2.04. The van der Waals surface area contributed by atoms with Crippen molar-refractivity contribution in [3.63, 3.8) is 0 Å². The van der Waals surface area contributed by atoms with Crippen molar-refractivity contribution in [3.8, 4) is 0 Å². The van der Waals surface area contributed by atoms with Crippen LogP contribution >= 0.6 is 0 Å². The predicted molar refractivity (Wildman–Crippen MR) is 20.3 cm³/mol. The number of hydrogen-bond donors (Lipinski definition) is 0. The first-order chi connectivity index (χ1) is 3.41. The van der Waals surface area contributed by atoms with Crippen molar-refractivity contribution in [1.29, 1.82) is 0 Å². The van der Waals surface area contributed by atoms with Crippen LogP contribution in [0.2, 0.25) is 0 Å². The van der Waals surface area contributed by atoms with Gasteiger partial charge in [0, 0.05) is 0 Å². The van der Waals surface area contributed by atoms with Crippen molar-refractivity contribution in [2.45, 2.75) is 18.1 Å². The Morgan fingerprint density at radius 3 is 1.25 bits per heavy atom. The Balaban J connectivity index is 2.42. The lowest BCUT2D eigenvalue weighted by atomic mass is 9.49. The van der Waals surface area contributed by atoms with Crippen LogP contribution in [-0.2, 0) is 0 Å². The van der Waals surface area contributed by atoms with E-state index in [2.05, 4.69) is 0 Å². The van der Waals surface area contributed by atoms with Crippen LogP contribution in [0.15, 0.2) is 0 Å². The van der Waals surface area contributed by atoms with E-state index in [0.717, 1.165) is 0 Å². The molecule has 0 aromatic heterocycles. The largest absolute Gasteiger partial charge is 0.299 e. The molecule has 1 aliphatic heterocycles. The molecule has 1 rings (SSSR count). The van der Waals surface area contributed by atoms with Gasteiger partial charge in [0.15, 0.2) is 0 Å². The van der Waals surface area contributed by atoms with Crippen molar-refractivity contribution < 1.29 is 17.6 Å². The monoisotopic (exact) mass is 125 g/mol. The summed E-state index contributed by atoms with van der Waals surface area (Å²) in [6.07, 6.45) is -1.32. The Morgan fingerprint density at radius 1 is 1.00 bits per heavy atom. The zero-order valence-electron chi connectivity index (χ0n) is 3.80. The second-order valence-electron chi connectivity index (χ2n) is 1.84. The summed E-state index contributed by atoms with van der Waals surface area (Å²) in [5, 5.41) is 0. The minimum atomic E-state index is -3.22. The molecule has 1 aliphatic rings. The predicted octanol–water partition coefficient (Wildman–Crippen LogP) is 1.28. The number of hydrogen-bond acceptors (Lipinski definition) is 0. The molecule has 1 saturated heterocycles. The van der Waals surface area contributed by atoms with E-state index < -0.39 is 18.1 Å². The Bertz CT molecular complexity index is 87.9. The first-order valence-electron chi connectivity index (χ1n) is 2.04. The highest BCUT2D eigenvalue weighted by Crippen LogP contribution is 2.41. The molecule has 0 atom stereocenters. The van der Waals surface area contributed by atoms with Crippen molar-refractivity contribution >= 4 is 7.28 Å². The molecule has 1 heterocycles. The summed E-state index contributed by atoms with van der Waals surface area (Å²) in [7, 11) is -0.236. The second kappa shape index (κ2) is 1.19. The van der Waals surface area contributed by atoms with Gasteiger partial charge in [0.1, 0.15) is 0 Å². The van der Waals surface area contributed by atoms with Gasteiger partial charge >= 0.3 is 0 Å². The maximum Gasteiger partial charge on any atom is 0.299 e. The van der Waals surface area contributed by atoms with Gasteiger partial charge in [-0.2, -0.15) is 0 Å². The van der Waals surface area contributed by atoms with Crippen molar-refractivity contribution in [1.82, 2.24) is 0 Å². The van der Waals surface area contributed by atoms with E-state index in [-0.39, 0.29) is 7.28 Å². The fraction of sp³-hybridized carbons (Fsp3) is 1.00. The van der Waals surface area contributed by atoms with E-state index in [0.29, 0.717) is 0 Å². The molecule has 45 valence electrons. The highest BCUT2D eigenvalue weighted by Gasteiger charge is 2.60. The Labute approximate surface area is 44.1 Å². The van der Waals surface area contributed by atoms with E-state index in [4.69, 9.17) is 0 Å². The molecule has 0 nitrogen and oxygen atoms in total. The van der Waals surface area contributed by atoms with Gasteiger partial charge in [-0.1, -0.05) is 0 Å². The van der Waals surface area contributed by atoms with Crippen LogP contribution in [-0.4, -0.2) is 18.9 Å².